The van der Waals surface area contributed by atoms with E-state index in [0.717, 1.165) is 30.6 Å². The number of rotatable bonds is 3. The van der Waals surface area contributed by atoms with Crippen LogP contribution in [0.25, 0.3) is 11.1 Å². The highest BCUT2D eigenvalue weighted by atomic mass is 16.5. The number of hydrogen-bond acceptors (Lipinski definition) is 4. The first kappa shape index (κ1) is 17.7. The van der Waals surface area contributed by atoms with E-state index in [4.69, 9.17) is 4.74 Å². The highest BCUT2D eigenvalue weighted by molar-refractivity contribution is 6.00. The summed E-state index contributed by atoms with van der Waals surface area (Å²) in [6.07, 6.45) is 1.44. The van der Waals surface area contributed by atoms with Gasteiger partial charge in [0.25, 0.3) is 5.91 Å². The summed E-state index contributed by atoms with van der Waals surface area (Å²) in [5.74, 6) is 0.829. The SMILES string of the molecule is CN(C)[C@@H]1CCN(C(=O)c2cccc(-c3ccc4c(c3)OCCC4=O)c2)C1. The van der Waals surface area contributed by atoms with E-state index in [1.807, 2.05) is 47.4 Å². The first-order chi connectivity index (χ1) is 13.0. The summed E-state index contributed by atoms with van der Waals surface area (Å²) in [6.45, 7) is 1.99. The molecule has 1 fully saturated rings. The van der Waals surface area contributed by atoms with E-state index in [1.54, 1.807) is 0 Å². The zero-order valence-electron chi connectivity index (χ0n) is 15.8. The average molecular weight is 364 g/mol. The minimum Gasteiger partial charge on any atom is -0.492 e. The van der Waals surface area contributed by atoms with Gasteiger partial charge in [-0.15, -0.1) is 0 Å². The van der Waals surface area contributed by atoms with Gasteiger partial charge in [-0.25, -0.2) is 0 Å². The number of Topliss-reactive ketones (excluding diaryl/α,β-unsaturated/α-hetero) is 1. The number of ketones is 1. The fourth-order valence-corrected chi connectivity index (χ4v) is 3.80. The summed E-state index contributed by atoms with van der Waals surface area (Å²) < 4.78 is 5.65. The Morgan fingerprint density at radius 3 is 2.74 bits per heavy atom. The number of nitrogens with zero attached hydrogens (tertiary/aromatic N) is 2. The van der Waals surface area contributed by atoms with Crippen LogP contribution >= 0.6 is 0 Å². The van der Waals surface area contributed by atoms with Crippen LogP contribution in [0.15, 0.2) is 42.5 Å². The molecule has 0 saturated carbocycles. The number of ether oxygens (including phenoxy) is 1. The number of hydrogen-bond donors (Lipinski definition) is 0. The predicted octanol–water partition coefficient (Wildman–Crippen LogP) is 3.09. The second-order valence-corrected chi connectivity index (χ2v) is 7.47. The smallest absolute Gasteiger partial charge is 0.253 e. The Labute approximate surface area is 159 Å². The number of amides is 1. The van der Waals surface area contributed by atoms with Crippen LogP contribution < -0.4 is 4.74 Å². The summed E-state index contributed by atoms with van der Waals surface area (Å²) in [7, 11) is 4.12. The summed E-state index contributed by atoms with van der Waals surface area (Å²) in [4.78, 5) is 29.0. The second kappa shape index (κ2) is 7.16. The van der Waals surface area contributed by atoms with E-state index in [2.05, 4.69) is 19.0 Å². The van der Waals surface area contributed by atoms with Gasteiger partial charge in [0.2, 0.25) is 0 Å². The Hall–Kier alpha value is -2.66. The molecule has 1 amide bonds. The number of likely N-dealkylation sites (tertiary alicyclic amines) is 1. The second-order valence-electron chi connectivity index (χ2n) is 7.47. The maximum atomic E-state index is 12.9. The Morgan fingerprint density at radius 1 is 1.15 bits per heavy atom. The van der Waals surface area contributed by atoms with Crippen LogP contribution in [0.3, 0.4) is 0 Å². The molecule has 27 heavy (non-hydrogen) atoms. The van der Waals surface area contributed by atoms with E-state index in [9.17, 15) is 9.59 Å². The number of carbonyl (C=O) groups is 2. The molecule has 1 saturated heterocycles. The monoisotopic (exact) mass is 364 g/mol. The molecule has 0 unspecified atom stereocenters. The van der Waals surface area contributed by atoms with Crippen molar-refractivity contribution in [3.63, 3.8) is 0 Å². The minimum atomic E-state index is 0.0746. The molecule has 0 aromatic heterocycles. The fraction of sp³-hybridized carbons (Fsp3) is 0.364. The first-order valence-electron chi connectivity index (χ1n) is 9.39. The number of carbonyl (C=O) groups excluding carboxylic acids is 2. The normalized spacial score (nSPS) is 19.1. The van der Waals surface area contributed by atoms with Crippen LogP contribution in [-0.4, -0.2) is 61.3 Å². The van der Waals surface area contributed by atoms with E-state index in [1.165, 1.54) is 0 Å². The van der Waals surface area contributed by atoms with E-state index >= 15 is 0 Å². The molecule has 2 aliphatic rings. The molecule has 5 heteroatoms. The van der Waals surface area contributed by atoms with Crippen molar-refractivity contribution in [2.45, 2.75) is 18.9 Å². The van der Waals surface area contributed by atoms with Gasteiger partial charge in [-0.05, 0) is 55.9 Å². The zero-order valence-corrected chi connectivity index (χ0v) is 15.8. The summed E-state index contributed by atoms with van der Waals surface area (Å²) in [6, 6.07) is 13.8. The van der Waals surface area contributed by atoms with Gasteiger partial charge in [-0.1, -0.05) is 18.2 Å². The van der Waals surface area contributed by atoms with Gasteiger partial charge in [-0.2, -0.15) is 0 Å². The Balaban J connectivity index is 1.58. The van der Waals surface area contributed by atoms with Crippen molar-refractivity contribution in [1.29, 1.82) is 0 Å². The molecule has 2 aromatic rings. The van der Waals surface area contributed by atoms with Crippen LogP contribution in [-0.2, 0) is 0 Å². The summed E-state index contributed by atoms with van der Waals surface area (Å²) in [5, 5.41) is 0. The van der Waals surface area contributed by atoms with Crippen LogP contribution in [0.4, 0.5) is 0 Å². The third-order valence-electron chi connectivity index (χ3n) is 5.49. The summed E-state index contributed by atoms with van der Waals surface area (Å²) >= 11 is 0. The lowest BCUT2D eigenvalue weighted by atomic mass is 9.98. The summed E-state index contributed by atoms with van der Waals surface area (Å²) in [5.41, 5.74) is 3.24. The van der Waals surface area contributed by atoms with E-state index < -0.39 is 0 Å². The highest BCUT2D eigenvalue weighted by Gasteiger charge is 2.28. The van der Waals surface area contributed by atoms with E-state index in [-0.39, 0.29) is 11.7 Å². The molecule has 2 aliphatic heterocycles. The molecule has 140 valence electrons. The van der Waals surface area contributed by atoms with Crippen LogP contribution in [0.1, 0.15) is 33.6 Å². The molecule has 5 nitrogen and oxygen atoms in total. The molecule has 4 rings (SSSR count). The molecule has 2 heterocycles. The van der Waals surface area contributed by atoms with Gasteiger partial charge < -0.3 is 14.5 Å². The maximum Gasteiger partial charge on any atom is 0.253 e. The molecule has 2 aromatic carbocycles. The van der Waals surface area contributed by atoms with Gasteiger partial charge in [0.1, 0.15) is 5.75 Å². The van der Waals surface area contributed by atoms with Gasteiger partial charge in [0.05, 0.1) is 12.2 Å². The quantitative estimate of drug-likeness (QED) is 0.840. The lowest BCUT2D eigenvalue weighted by Crippen LogP contribution is -2.34. The van der Waals surface area contributed by atoms with Crippen molar-refractivity contribution in [1.82, 2.24) is 9.80 Å². The first-order valence-corrected chi connectivity index (χ1v) is 9.39. The molecule has 0 bridgehead atoms. The van der Waals surface area contributed by atoms with Crippen molar-refractivity contribution >= 4 is 11.7 Å². The third kappa shape index (κ3) is 3.47. The maximum absolute atomic E-state index is 12.9. The van der Waals surface area contributed by atoms with Crippen molar-refractivity contribution in [2.75, 3.05) is 33.8 Å². The third-order valence-corrected chi connectivity index (χ3v) is 5.49. The number of likely N-dealkylation sites (N-methyl/N-ethyl adjacent to an activating group) is 1. The number of benzene rings is 2. The van der Waals surface area contributed by atoms with Crippen molar-refractivity contribution < 1.29 is 14.3 Å². The van der Waals surface area contributed by atoms with Crippen LogP contribution in [0.5, 0.6) is 5.75 Å². The van der Waals surface area contributed by atoms with Gasteiger partial charge >= 0.3 is 0 Å². The molecule has 1 atom stereocenters. The van der Waals surface area contributed by atoms with E-state index in [0.29, 0.717) is 35.9 Å². The average Bonchev–Trinajstić information content (AvgIpc) is 3.18. The van der Waals surface area contributed by atoms with Crippen molar-refractivity contribution in [2.24, 2.45) is 0 Å². The number of fused-ring (bicyclic) bond motifs is 1. The van der Waals surface area contributed by atoms with Crippen LogP contribution in [0.2, 0.25) is 0 Å². The molecule has 0 spiro atoms. The Bertz CT molecular complexity index is 891. The standard InChI is InChI=1S/C22H24N2O3/c1-23(2)18-8-10-24(14-18)22(26)17-5-3-4-15(12-17)16-6-7-19-20(25)9-11-27-21(19)13-16/h3-7,12-13,18H,8-11,14H2,1-2H3/t18-/m1/s1. The molecule has 0 N–H and O–H groups in total. The van der Waals surface area contributed by atoms with Gasteiger partial charge in [0.15, 0.2) is 5.78 Å². The van der Waals surface area contributed by atoms with Gasteiger partial charge in [0, 0.05) is 31.1 Å². The lowest BCUT2D eigenvalue weighted by molar-refractivity contribution is 0.0782. The molecule has 0 radical (unpaired) electrons. The molecular formula is C22H24N2O3. The minimum absolute atomic E-state index is 0.0746. The molecule has 0 aliphatic carbocycles. The van der Waals surface area contributed by atoms with Crippen molar-refractivity contribution in [3.05, 3.63) is 53.6 Å². The van der Waals surface area contributed by atoms with Crippen molar-refractivity contribution in [3.8, 4) is 16.9 Å². The Morgan fingerprint density at radius 2 is 1.96 bits per heavy atom. The topological polar surface area (TPSA) is 49.9 Å². The Kier molecular flexibility index (Phi) is 4.70. The largest absolute Gasteiger partial charge is 0.492 e. The van der Waals surface area contributed by atoms with Crippen LogP contribution in [0, 0.1) is 0 Å². The highest BCUT2D eigenvalue weighted by Crippen LogP contribution is 2.31. The lowest BCUT2D eigenvalue weighted by Gasteiger charge is -2.21. The zero-order chi connectivity index (χ0) is 19.0. The van der Waals surface area contributed by atoms with Gasteiger partial charge in [-0.3, -0.25) is 9.59 Å². The fourth-order valence-electron chi connectivity index (χ4n) is 3.80. The molecular weight excluding hydrogens is 340 g/mol. The predicted molar refractivity (Wildman–Crippen MR) is 104 cm³/mol.